The van der Waals surface area contributed by atoms with E-state index in [1.807, 2.05) is 4.90 Å². The first kappa shape index (κ1) is 31.7. The molecule has 1 amide bonds. The standard InChI is InChI=1S/C33H42N4O6/c1-3-5-17-37(27-11-6-7-12-27)30(39)16-15-29(38)24-13-14-28-26(19-24)20-36(33(34)35-28)21-31(40)43-22-23-9-8-10-25(18-23)32(41)42-4-2/h8-10,13-14,18-19,27H,3-7,11-12,15-17,20-22H2,1-2H3,(H2,34,35). The number of Topliss-reactive ketones (excluding diaryl/α,β-unsaturated/α-hetero) is 1. The molecule has 0 radical (unpaired) electrons. The van der Waals surface area contributed by atoms with E-state index in [1.165, 1.54) is 0 Å². The lowest BCUT2D eigenvalue weighted by atomic mass is 10.0. The summed E-state index contributed by atoms with van der Waals surface area (Å²) in [6.45, 7) is 5.02. The molecule has 0 bridgehead atoms. The molecule has 2 aliphatic rings. The summed E-state index contributed by atoms with van der Waals surface area (Å²) in [5.74, 6) is -0.812. The molecule has 0 atom stereocenters. The normalized spacial score (nSPS) is 14.6. The smallest absolute Gasteiger partial charge is 0.338 e. The minimum Gasteiger partial charge on any atom is -0.462 e. The summed E-state index contributed by atoms with van der Waals surface area (Å²) in [5, 5.41) is 0. The van der Waals surface area contributed by atoms with Crippen molar-refractivity contribution in [2.24, 2.45) is 10.7 Å². The Hall–Kier alpha value is -4.21. The van der Waals surface area contributed by atoms with Crippen molar-refractivity contribution in [1.82, 2.24) is 9.80 Å². The first-order chi connectivity index (χ1) is 20.8. The van der Waals surface area contributed by atoms with E-state index in [-0.39, 0.29) is 56.8 Å². The Bertz CT molecular complexity index is 1350. The summed E-state index contributed by atoms with van der Waals surface area (Å²) < 4.78 is 10.4. The van der Waals surface area contributed by atoms with Crippen LogP contribution in [0.5, 0.6) is 0 Å². The predicted octanol–water partition coefficient (Wildman–Crippen LogP) is 4.90. The molecule has 0 unspecified atom stereocenters. The van der Waals surface area contributed by atoms with Crippen LogP contribution in [0, 0.1) is 0 Å². The first-order valence-electron chi connectivity index (χ1n) is 15.2. The van der Waals surface area contributed by atoms with E-state index >= 15 is 0 Å². The van der Waals surface area contributed by atoms with Gasteiger partial charge in [-0.2, -0.15) is 0 Å². The Balaban J connectivity index is 1.32. The molecule has 1 saturated carbocycles. The van der Waals surface area contributed by atoms with Crippen LogP contribution in [0.2, 0.25) is 0 Å². The van der Waals surface area contributed by atoms with Crippen molar-refractivity contribution >= 4 is 35.3 Å². The van der Waals surface area contributed by atoms with Crippen LogP contribution in [0.3, 0.4) is 0 Å². The van der Waals surface area contributed by atoms with Crippen LogP contribution in [0.1, 0.15) is 97.1 Å². The average Bonchev–Trinajstić information content (AvgIpc) is 3.54. The number of fused-ring (bicyclic) bond motifs is 1. The second-order valence-corrected chi connectivity index (χ2v) is 11.1. The van der Waals surface area contributed by atoms with Crippen LogP contribution < -0.4 is 5.73 Å². The lowest BCUT2D eigenvalue weighted by molar-refractivity contribution is -0.145. The van der Waals surface area contributed by atoms with Gasteiger partial charge in [-0.15, -0.1) is 0 Å². The van der Waals surface area contributed by atoms with Crippen molar-refractivity contribution in [2.75, 3.05) is 19.7 Å². The number of carbonyl (C=O) groups excluding carboxylic acids is 4. The molecule has 4 rings (SSSR count). The van der Waals surface area contributed by atoms with Crippen molar-refractivity contribution in [3.05, 3.63) is 64.7 Å². The summed E-state index contributed by atoms with van der Waals surface area (Å²) >= 11 is 0. The Kier molecular flexibility index (Phi) is 11.3. The van der Waals surface area contributed by atoms with E-state index in [1.54, 1.807) is 54.3 Å². The maximum absolute atomic E-state index is 13.1. The zero-order chi connectivity index (χ0) is 30.8. The average molecular weight is 591 g/mol. The molecule has 10 nitrogen and oxygen atoms in total. The topological polar surface area (TPSA) is 132 Å². The molecule has 1 aliphatic heterocycles. The molecule has 2 aromatic rings. The fourth-order valence-corrected chi connectivity index (χ4v) is 5.54. The number of nitrogens with zero attached hydrogens (tertiary/aromatic N) is 3. The highest BCUT2D eigenvalue weighted by Gasteiger charge is 2.27. The maximum Gasteiger partial charge on any atom is 0.338 e. The van der Waals surface area contributed by atoms with Crippen LogP contribution in [0.25, 0.3) is 0 Å². The summed E-state index contributed by atoms with van der Waals surface area (Å²) in [7, 11) is 0. The SMILES string of the molecule is CCCCN(C(=O)CCC(=O)c1ccc2c(c1)CN(CC(=O)OCc1cccc(C(=O)OCC)c1)C(N)=N2)C1CCCC1. The van der Waals surface area contributed by atoms with Gasteiger partial charge in [0.15, 0.2) is 11.7 Å². The lowest BCUT2D eigenvalue weighted by Crippen LogP contribution is -2.42. The van der Waals surface area contributed by atoms with Gasteiger partial charge in [-0.25, -0.2) is 9.79 Å². The molecule has 0 spiro atoms. The Morgan fingerprint density at radius 1 is 1.00 bits per heavy atom. The van der Waals surface area contributed by atoms with Gasteiger partial charge in [-0.3, -0.25) is 14.4 Å². The number of benzene rings is 2. The highest BCUT2D eigenvalue weighted by atomic mass is 16.5. The Morgan fingerprint density at radius 2 is 1.79 bits per heavy atom. The first-order valence-corrected chi connectivity index (χ1v) is 15.2. The third-order valence-electron chi connectivity index (χ3n) is 7.88. The van der Waals surface area contributed by atoms with E-state index in [2.05, 4.69) is 11.9 Å². The monoisotopic (exact) mass is 590 g/mol. The van der Waals surface area contributed by atoms with Gasteiger partial charge in [-0.1, -0.05) is 38.3 Å². The second-order valence-electron chi connectivity index (χ2n) is 11.1. The van der Waals surface area contributed by atoms with E-state index in [0.717, 1.165) is 50.6 Å². The third kappa shape index (κ3) is 8.65. The zero-order valence-electron chi connectivity index (χ0n) is 25.2. The van der Waals surface area contributed by atoms with E-state index in [9.17, 15) is 19.2 Å². The molecule has 2 N–H and O–H groups in total. The fraction of sp³-hybridized carbons (Fsp3) is 0.485. The number of guanidine groups is 1. The molecule has 1 aliphatic carbocycles. The van der Waals surface area contributed by atoms with Crippen LogP contribution in [-0.4, -0.2) is 65.1 Å². The molecule has 1 heterocycles. The number of esters is 2. The summed E-state index contributed by atoms with van der Waals surface area (Å²) in [6.07, 6.45) is 6.74. The van der Waals surface area contributed by atoms with E-state index in [4.69, 9.17) is 15.2 Å². The van der Waals surface area contributed by atoms with Gasteiger partial charge in [0.1, 0.15) is 13.2 Å². The molecule has 230 valence electrons. The highest BCUT2D eigenvalue weighted by Crippen LogP contribution is 2.28. The molecular weight excluding hydrogens is 548 g/mol. The molecular formula is C33H42N4O6. The summed E-state index contributed by atoms with van der Waals surface area (Å²) in [6, 6.07) is 12.2. The number of amides is 1. The minimum atomic E-state index is -0.510. The number of hydrogen-bond donors (Lipinski definition) is 1. The van der Waals surface area contributed by atoms with Crippen molar-refractivity contribution in [1.29, 1.82) is 0 Å². The number of carbonyl (C=O) groups is 4. The molecule has 2 aromatic carbocycles. The largest absolute Gasteiger partial charge is 0.462 e. The van der Waals surface area contributed by atoms with Gasteiger partial charge in [0.25, 0.3) is 0 Å². The van der Waals surface area contributed by atoms with Crippen molar-refractivity contribution in [3.8, 4) is 0 Å². The highest BCUT2D eigenvalue weighted by molar-refractivity contribution is 5.99. The molecule has 0 saturated heterocycles. The Labute approximate surface area is 253 Å². The number of ether oxygens (including phenoxy) is 2. The molecule has 1 fully saturated rings. The summed E-state index contributed by atoms with van der Waals surface area (Å²) in [4.78, 5) is 58.8. The number of rotatable bonds is 14. The van der Waals surface area contributed by atoms with Crippen LogP contribution in [0.4, 0.5) is 5.69 Å². The van der Waals surface area contributed by atoms with Gasteiger partial charge in [0.05, 0.1) is 17.9 Å². The lowest BCUT2D eigenvalue weighted by Gasteiger charge is -2.29. The maximum atomic E-state index is 13.1. The van der Waals surface area contributed by atoms with Crippen molar-refractivity contribution in [2.45, 2.75) is 84.4 Å². The van der Waals surface area contributed by atoms with Crippen molar-refractivity contribution in [3.63, 3.8) is 0 Å². The van der Waals surface area contributed by atoms with Crippen LogP contribution in [0.15, 0.2) is 47.5 Å². The van der Waals surface area contributed by atoms with Gasteiger partial charge >= 0.3 is 11.9 Å². The molecule has 0 aromatic heterocycles. The quantitative estimate of drug-likeness (QED) is 0.243. The second kappa shape index (κ2) is 15.3. The minimum absolute atomic E-state index is 0.0124. The Morgan fingerprint density at radius 3 is 2.53 bits per heavy atom. The van der Waals surface area contributed by atoms with Crippen molar-refractivity contribution < 1.29 is 28.7 Å². The van der Waals surface area contributed by atoms with E-state index < -0.39 is 11.9 Å². The number of ketones is 1. The molecule has 43 heavy (non-hydrogen) atoms. The van der Waals surface area contributed by atoms with E-state index in [0.29, 0.717) is 28.4 Å². The molecule has 10 heteroatoms. The van der Waals surface area contributed by atoms with Gasteiger partial charge < -0.3 is 25.0 Å². The van der Waals surface area contributed by atoms with Crippen LogP contribution >= 0.6 is 0 Å². The van der Waals surface area contributed by atoms with Gasteiger partial charge in [0, 0.05) is 37.5 Å². The number of unbranched alkanes of at least 4 members (excludes halogenated alkanes) is 1. The fourth-order valence-electron chi connectivity index (χ4n) is 5.54. The van der Waals surface area contributed by atoms with Crippen LogP contribution in [-0.2, 0) is 32.2 Å². The predicted molar refractivity (Wildman–Crippen MR) is 163 cm³/mol. The number of aliphatic imine (C=N–C) groups is 1. The summed E-state index contributed by atoms with van der Waals surface area (Å²) in [5.41, 5.74) is 9.08. The number of hydrogen-bond acceptors (Lipinski definition) is 9. The third-order valence-corrected chi connectivity index (χ3v) is 7.88. The zero-order valence-corrected chi connectivity index (χ0v) is 25.2. The number of nitrogens with two attached hydrogens (primary N) is 1. The van der Waals surface area contributed by atoms with Gasteiger partial charge in [0.2, 0.25) is 5.91 Å². The van der Waals surface area contributed by atoms with Gasteiger partial charge in [-0.05, 0) is 67.6 Å².